The Bertz CT molecular complexity index is 1010. The number of hydrogen-bond donors (Lipinski definition) is 1. The minimum atomic E-state index is -0.0858. The number of ether oxygens (including phenoxy) is 2. The van der Waals surface area contributed by atoms with E-state index in [4.69, 9.17) is 9.47 Å². The summed E-state index contributed by atoms with van der Waals surface area (Å²) in [5.41, 5.74) is 3.26. The highest BCUT2D eigenvalue weighted by Gasteiger charge is 2.28. The number of nitrogens with one attached hydrogen (secondary N) is 1. The number of urea groups is 1. The molecular formula is C26H27N3O3. The highest BCUT2D eigenvalue weighted by Crippen LogP contribution is 2.33. The second kappa shape index (κ2) is 9.32. The second-order valence-corrected chi connectivity index (χ2v) is 8.04. The molecule has 0 aliphatic carbocycles. The molecule has 0 atom stereocenters. The van der Waals surface area contributed by atoms with Gasteiger partial charge in [0.05, 0.1) is 6.04 Å². The van der Waals surface area contributed by atoms with E-state index in [-0.39, 0.29) is 12.1 Å². The van der Waals surface area contributed by atoms with Gasteiger partial charge in [0, 0.05) is 37.9 Å². The van der Waals surface area contributed by atoms with Gasteiger partial charge in [-0.1, -0.05) is 60.7 Å². The Hall–Kier alpha value is -3.51. The van der Waals surface area contributed by atoms with Gasteiger partial charge in [-0.2, -0.15) is 0 Å². The number of nitrogens with zero attached hydrogens (tertiary/aromatic N) is 2. The van der Waals surface area contributed by atoms with Gasteiger partial charge in [0.15, 0.2) is 11.5 Å². The molecule has 0 unspecified atom stereocenters. The molecule has 2 heterocycles. The molecule has 6 heteroatoms. The summed E-state index contributed by atoms with van der Waals surface area (Å²) in [5, 5.41) is 3.00. The summed E-state index contributed by atoms with van der Waals surface area (Å²) in [6, 6.07) is 26.8. The number of benzene rings is 3. The average Bonchev–Trinajstić information content (AvgIpc) is 2.86. The number of fused-ring (bicyclic) bond motifs is 1. The van der Waals surface area contributed by atoms with Crippen LogP contribution in [0.3, 0.4) is 0 Å². The van der Waals surface area contributed by atoms with Crippen LogP contribution in [0.2, 0.25) is 0 Å². The summed E-state index contributed by atoms with van der Waals surface area (Å²) >= 11 is 0. The average molecular weight is 430 g/mol. The smallest absolute Gasteiger partial charge is 0.321 e. The SMILES string of the molecule is O=C(Nc1ccc2c(c1)OCCO2)N1CCN(C(c2ccccc2)c2ccccc2)CC1. The van der Waals surface area contributed by atoms with Crippen LogP contribution >= 0.6 is 0 Å². The molecule has 0 bridgehead atoms. The van der Waals surface area contributed by atoms with E-state index in [1.165, 1.54) is 11.1 Å². The van der Waals surface area contributed by atoms with Gasteiger partial charge in [-0.25, -0.2) is 4.79 Å². The van der Waals surface area contributed by atoms with E-state index < -0.39 is 0 Å². The van der Waals surface area contributed by atoms with Gasteiger partial charge in [0.2, 0.25) is 0 Å². The predicted octanol–water partition coefficient (Wildman–Crippen LogP) is 4.40. The Balaban J connectivity index is 1.25. The highest BCUT2D eigenvalue weighted by atomic mass is 16.6. The topological polar surface area (TPSA) is 54.0 Å². The molecule has 0 saturated carbocycles. The van der Waals surface area contributed by atoms with Crippen LogP contribution in [0.25, 0.3) is 0 Å². The highest BCUT2D eigenvalue weighted by molar-refractivity contribution is 5.89. The van der Waals surface area contributed by atoms with Gasteiger partial charge < -0.3 is 19.7 Å². The van der Waals surface area contributed by atoms with Crippen molar-refractivity contribution in [3.8, 4) is 11.5 Å². The minimum Gasteiger partial charge on any atom is -0.486 e. The van der Waals surface area contributed by atoms with E-state index >= 15 is 0 Å². The fourth-order valence-corrected chi connectivity index (χ4v) is 4.39. The van der Waals surface area contributed by atoms with Crippen molar-refractivity contribution in [3.63, 3.8) is 0 Å². The predicted molar refractivity (Wildman–Crippen MR) is 124 cm³/mol. The van der Waals surface area contributed by atoms with E-state index in [2.05, 4.69) is 58.7 Å². The third-order valence-corrected chi connectivity index (χ3v) is 5.99. The van der Waals surface area contributed by atoms with Crippen LogP contribution in [0, 0.1) is 0 Å². The van der Waals surface area contributed by atoms with Crippen LogP contribution in [0.15, 0.2) is 78.9 Å². The first-order chi connectivity index (χ1) is 15.8. The molecule has 1 N–H and O–H groups in total. The molecule has 164 valence electrons. The van der Waals surface area contributed by atoms with Crippen LogP contribution in [0.4, 0.5) is 10.5 Å². The van der Waals surface area contributed by atoms with Crippen molar-refractivity contribution in [2.24, 2.45) is 0 Å². The lowest BCUT2D eigenvalue weighted by Gasteiger charge is -2.39. The Morgan fingerprint density at radius 3 is 1.97 bits per heavy atom. The molecule has 1 fully saturated rings. The molecule has 0 aromatic heterocycles. The van der Waals surface area contributed by atoms with Crippen molar-refractivity contribution in [2.45, 2.75) is 6.04 Å². The van der Waals surface area contributed by atoms with Crippen LogP contribution < -0.4 is 14.8 Å². The molecule has 1 saturated heterocycles. The van der Waals surface area contributed by atoms with Crippen LogP contribution in [-0.4, -0.2) is 55.2 Å². The number of carbonyl (C=O) groups is 1. The Morgan fingerprint density at radius 2 is 1.34 bits per heavy atom. The first kappa shape index (κ1) is 20.4. The number of carbonyl (C=O) groups excluding carboxylic acids is 1. The lowest BCUT2D eigenvalue weighted by Crippen LogP contribution is -2.51. The quantitative estimate of drug-likeness (QED) is 0.668. The maximum Gasteiger partial charge on any atom is 0.321 e. The fourth-order valence-electron chi connectivity index (χ4n) is 4.39. The van der Waals surface area contributed by atoms with Crippen LogP contribution in [0.1, 0.15) is 17.2 Å². The molecule has 2 amide bonds. The first-order valence-electron chi connectivity index (χ1n) is 11.1. The van der Waals surface area contributed by atoms with Crippen molar-refractivity contribution in [1.29, 1.82) is 0 Å². The molecule has 3 aromatic carbocycles. The standard InChI is InChI=1S/C26H27N3O3/c30-26(27-22-11-12-23-24(19-22)32-18-17-31-23)29-15-13-28(14-16-29)25(20-7-3-1-4-8-20)21-9-5-2-6-10-21/h1-12,19,25H,13-18H2,(H,27,30). The molecule has 5 rings (SSSR count). The lowest BCUT2D eigenvalue weighted by atomic mass is 9.96. The van der Waals surface area contributed by atoms with Gasteiger partial charge >= 0.3 is 6.03 Å². The minimum absolute atomic E-state index is 0.0858. The maximum absolute atomic E-state index is 12.9. The van der Waals surface area contributed by atoms with Crippen molar-refractivity contribution in [3.05, 3.63) is 90.0 Å². The zero-order chi connectivity index (χ0) is 21.8. The van der Waals surface area contributed by atoms with Crippen molar-refractivity contribution >= 4 is 11.7 Å². The summed E-state index contributed by atoms with van der Waals surface area (Å²) in [7, 11) is 0. The zero-order valence-corrected chi connectivity index (χ0v) is 17.9. The third-order valence-electron chi connectivity index (χ3n) is 5.99. The Labute approximate surface area is 188 Å². The summed E-state index contributed by atoms with van der Waals surface area (Å²) in [4.78, 5) is 17.2. The molecule has 0 radical (unpaired) electrons. The van der Waals surface area contributed by atoms with E-state index in [1.54, 1.807) is 0 Å². The summed E-state index contributed by atoms with van der Waals surface area (Å²) in [5.74, 6) is 1.39. The van der Waals surface area contributed by atoms with Crippen molar-refractivity contribution in [2.75, 3.05) is 44.7 Å². The van der Waals surface area contributed by atoms with Crippen LogP contribution in [-0.2, 0) is 0 Å². The Morgan fingerprint density at radius 1 is 0.750 bits per heavy atom. The fraction of sp³-hybridized carbons (Fsp3) is 0.269. The van der Waals surface area contributed by atoms with Gasteiger partial charge in [-0.15, -0.1) is 0 Å². The Kier molecular flexibility index (Phi) is 5.94. The second-order valence-electron chi connectivity index (χ2n) is 8.04. The molecule has 0 spiro atoms. The largest absolute Gasteiger partial charge is 0.486 e. The van der Waals surface area contributed by atoms with E-state index in [1.807, 2.05) is 35.2 Å². The summed E-state index contributed by atoms with van der Waals surface area (Å²) < 4.78 is 11.2. The molecule has 2 aliphatic heterocycles. The van der Waals surface area contributed by atoms with E-state index in [9.17, 15) is 4.79 Å². The lowest BCUT2D eigenvalue weighted by molar-refractivity contribution is 0.126. The van der Waals surface area contributed by atoms with Crippen molar-refractivity contribution < 1.29 is 14.3 Å². The number of hydrogen-bond acceptors (Lipinski definition) is 4. The number of piperazine rings is 1. The number of rotatable bonds is 4. The van der Waals surface area contributed by atoms with Crippen LogP contribution in [0.5, 0.6) is 11.5 Å². The van der Waals surface area contributed by atoms with Gasteiger partial charge in [-0.3, -0.25) is 4.90 Å². The van der Waals surface area contributed by atoms with Crippen molar-refractivity contribution in [1.82, 2.24) is 9.80 Å². The third kappa shape index (κ3) is 4.41. The molecule has 6 nitrogen and oxygen atoms in total. The number of amides is 2. The molecule has 32 heavy (non-hydrogen) atoms. The molecule has 3 aromatic rings. The van der Waals surface area contributed by atoms with E-state index in [0.717, 1.165) is 18.8 Å². The first-order valence-corrected chi connectivity index (χ1v) is 11.1. The summed E-state index contributed by atoms with van der Waals surface area (Å²) in [6.45, 7) is 4.04. The maximum atomic E-state index is 12.9. The van der Waals surface area contributed by atoms with Gasteiger partial charge in [-0.05, 0) is 23.3 Å². The molecular weight excluding hydrogens is 402 g/mol. The van der Waals surface area contributed by atoms with Gasteiger partial charge in [0.1, 0.15) is 13.2 Å². The van der Waals surface area contributed by atoms with Gasteiger partial charge in [0.25, 0.3) is 0 Å². The monoisotopic (exact) mass is 429 g/mol. The number of anilines is 1. The molecule has 2 aliphatic rings. The zero-order valence-electron chi connectivity index (χ0n) is 17.9. The normalized spacial score (nSPS) is 16.1. The summed E-state index contributed by atoms with van der Waals surface area (Å²) in [6.07, 6.45) is 0. The van der Waals surface area contributed by atoms with E-state index in [0.29, 0.717) is 37.7 Å².